The largest absolute Gasteiger partial charge is 0.497 e. The molecule has 1 unspecified atom stereocenters. The number of imidazole rings is 1. The van der Waals surface area contributed by atoms with Gasteiger partial charge in [-0.25, -0.2) is 4.98 Å². The minimum atomic E-state index is 0.316. The van der Waals surface area contributed by atoms with E-state index in [2.05, 4.69) is 56.2 Å². The van der Waals surface area contributed by atoms with Crippen molar-refractivity contribution in [1.29, 1.82) is 0 Å². The Morgan fingerprint density at radius 3 is 2.69 bits per heavy atom. The molecule has 32 heavy (non-hydrogen) atoms. The highest BCUT2D eigenvalue weighted by atomic mass is 16.5. The van der Waals surface area contributed by atoms with E-state index in [0.29, 0.717) is 6.04 Å². The lowest BCUT2D eigenvalue weighted by Crippen LogP contribution is -2.45. The van der Waals surface area contributed by atoms with Gasteiger partial charge in [-0.1, -0.05) is 6.07 Å². The fourth-order valence-corrected chi connectivity index (χ4v) is 4.11. The predicted octanol–water partition coefficient (Wildman–Crippen LogP) is 2.65. The van der Waals surface area contributed by atoms with Crippen LogP contribution in [0.4, 0.5) is 5.69 Å². The number of aliphatic imine (C=N–C) groups is 1. The van der Waals surface area contributed by atoms with Crippen LogP contribution >= 0.6 is 0 Å². The third kappa shape index (κ3) is 4.90. The summed E-state index contributed by atoms with van der Waals surface area (Å²) in [4.78, 5) is 11.5. The Morgan fingerprint density at radius 2 is 2.00 bits per heavy atom. The molecule has 4 rings (SSSR count). The zero-order valence-corrected chi connectivity index (χ0v) is 19.3. The summed E-state index contributed by atoms with van der Waals surface area (Å²) in [6.45, 7) is 4.71. The van der Waals surface area contributed by atoms with Crippen LogP contribution in [0.15, 0.2) is 47.7 Å². The zero-order chi connectivity index (χ0) is 22.5. The number of methoxy groups -OCH3 is 2. The molecule has 1 aliphatic rings. The average molecular weight is 437 g/mol. The lowest BCUT2D eigenvalue weighted by molar-refractivity contribution is 0.394. The standard InChI is InChI=1S/C24H32N6O2/c1-17-6-5-10-30-16-18(27-23(17)30)7-9-26-24(25-2)28-19-8-11-29(15-19)20-12-21(31-3)14-22(13-20)32-4/h5-6,10,12-14,16,19H,7-9,11,15H2,1-4H3,(H2,25,26,28). The summed E-state index contributed by atoms with van der Waals surface area (Å²) in [5.41, 5.74) is 4.38. The molecular formula is C24H32N6O2. The maximum atomic E-state index is 5.41. The molecule has 0 spiro atoms. The van der Waals surface area contributed by atoms with E-state index in [1.807, 2.05) is 25.4 Å². The normalized spacial score (nSPS) is 16.4. The van der Waals surface area contributed by atoms with Crippen LogP contribution in [-0.2, 0) is 6.42 Å². The van der Waals surface area contributed by atoms with E-state index >= 15 is 0 Å². The van der Waals surface area contributed by atoms with Crippen molar-refractivity contribution in [2.75, 3.05) is 45.8 Å². The fourth-order valence-electron chi connectivity index (χ4n) is 4.11. The monoisotopic (exact) mass is 436 g/mol. The van der Waals surface area contributed by atoms with Gasteiger partial charge in [0.15, 0.2) is 5.96 Å². The number of ether oxygens (including phenoxy) is 2. The van der Waals surface area contributed by atoms with Crippen molar-refractivity contribution in [2.24, 2.45) is 4.99 Å². The number of nitrogens with zero attached hydrogens (tertiary/aromatic N) is 4. The molecule has 1 aliphatic heterocycles. The van der Waals surface area contributed by atoms with Crippen molar-refractivity contribution in [3.8, 4) is 11.5 Å². The average Bonchev–Trinajstić information content (AvgIpc) is 3.45. The number of rotatable bonds is 7. The molecule has 3 heterocycles. The Bertz CT molecular complexity index is 1070. The van der Waals surface area contributed by atoms with Crippen molar-refractivity contribution >= 4 is 17.3 Å². The van der Waals surface area contributed by atoms with Crippen LogP contribution in [0.5, 0.6) is 11.5 Å². The van der Waals surface area contributed by atoms with Crippen molar-refractivity contribution in [2.45, 2.75) is 25.8 Å². The van der Waals surface area contributed by atoms with Gasteiger partial charge in [-0.05, 0) is 25.0 Å². The highest BCUT2D eigenvalue weighted by molar-refractivity contribution is 5.80. The molecular weight excluding hydrogens is 404 g/mol. The minimum Gasteiger partial charge on any atom is -0.497 e. The smallest absolute Gasteiger partial charge is 0.191 e. The molecule has 0 aliphatic carbocycles. The maximum Gasteiger partial charge on any atom is 0.191 e. The minimum absolute atomic E-state index is 0.316. The molecule has 1 fully saturated rings. The Balaban J connectivity index is 1.30. The number of benzene rings is 1. The Labute approximate surface area is 189 Å². The molecule has 3 aromatic rings. The number of guanidine groups is 1. The number of aromatic nitrogens is 2. The molecule has 170 valence electrons. The third-order valence-corrected chi connectivity index (χ3v) is 5.86. The number of pyridine rings is 1. The molecule has 1 atom stereocenters. The number of hydrogen-bond acceptors (Lipinski definition) is 5. The van der Waals surface area contributed by atoms with Crippen molar-refractivity contribution in [3.05, 3.63) is 54.0 Å². The summed E-state index contributed by atoms with van der Waals surface area (Å²) in [5.74, 6) is 2.42. The second-order valence-corrected chi connectivity index (χ2v) is 8.05. The maximum absolute atomic E-state index is 5.41. The second kappa shape index (κ2) is 9.80. The number of nitrogens with one attached hydrogen (secondary N) is 2. The molecule has 0 amide bonds. The lowest BCUT2D eigenvalue weighted by Gasteiger charge is -2.21. The summed E-state index contributed by atoms with van der Waals surface area (Å²) in [6, 6.07) is 10.4. The van der Waals surface area contributed by atoms with Crippen LogP contribution in [0, 0.1) is 6.92 Å². The Morgan fingerprint density at radius 1 is 1.22 bits per heavy atom. The first kappa shape index (κ1) is 21.8. The first-order valence-electron chi connectivity index (χ1n) is 11.0. The highest BCUT2D eigenvalue weighted by Crippen LogP contribution is 2.30. The van der Waals surface area contributed by atoms with Gasteiger partial charge in [0.1, 0.15) is 17.1 Å². The molecule has 2 aromatic heterocycles. The van der Waals surface area contributed by atoms with Gasteiger partial charge in [0.05, 0.1) is 19.9 Å². The lowest BCUT2D eigenvalue weighted by atomic mass is 10.2. The predicted molar refractivity (Wildman–Crippen MR) is 128 cm³/mol. The molecule has 8 heteroatoms. The number of fused-ring (bicyclic) bond motifs is 1. The van der Waals surface area contributed by atoms with Crippen molar-refractivity contribution in [3.63, 3.8) is 0 Å². The number of anilines is 1. The van der Waals surface area contributed by atoms with Crippen LogP contribution in [0.3, 0.4) is 0 Å². The van der Waals surface area contributed by atoms with Gasteiger partial charge < -0.3 is 29.4 Å². The molecule has 2 N–H and O–H groups in total. The van der Waals surface area contributed by atoms with E-state index in [4.69, 9.17) is 14.5 Å². The van der Waals surface area contributed by atoms with Crippen molar-refractivity contribution in [1.82, 2.24) is 20.0 Å². The molecule has 1 aromatic carbocycles. The van der Waals surface area contributed by atoms with Gasteiger partial charge in [0.25, 0.3) is 0 Å². The highest BCUT2D eigenvalue weighted by Gasteiger charge is 2.24. The van der Waals surface area contributed by atoms with Gasteiger partial charge in [0, 0.05) is 75.4 Å². The molecule has 0 radical (unpaired) electrons. The quantitative estimate of drug-likeness (QED) is 0.438. The first-order chi connectivity index (χ1) is 15.6. The van der Waals surface area contributed by atoms with E-state index in [1.54, 1.807) is 14.2 Å². The topological polar surface area (TPSA) is 75.4 Å². The van der Waals surface area contributed by atoms with E-state index < -0.39 is 0 Å². The number of hydrogen-bond donors (Lipinski definition) is 2. The summed E-state index contributed by atoms with van der Waals surface area (Å²) in [6.07, 6.45) is 6.00. The van der Waals surface area contributed by atoms with E-state index in [9.17, 15) is 0 Å². The van der Waals surface area contributed by atoms with Crippen LogP contribution in [0.25, 0.3) is 5.65 Å². The second-order valence-electron chi connectivity index (χ2n) is 8.05. The summed E-state index contributed by atoms with van der Waals surface area (Å²) in [7, 11) is 5.16. The first-order valence-corrected chi connectivity index (χ1v) is 11.0. The van der Waals surface area contributed by atoms with Gasteiger partial charge in [-0.3, -0.25) is 4.99 Å². The third-order valence-electron chi connectivity index (χ3n) is 5.86. The Kier molecular flexibility index (Phi) is 6.68. The molecule has 0 bridgehead atoms. The van der Waals surface area contributed by atoms with E-state index in [1.165, 1.54) is 5.56 Å². The summed E-state index contributed by atoms with van der Waals surface area (Å²) >= 11 is 0. The van der Waals surface area contributed by atoms with Crippen LogP contribution < -0.4 is 25.0 Å². The number of aryl methyl sites for hydroxylation is 1. The molecule has 8 nitrogen and oxygen atoms in total. The van der Waals surface area contributed by atoms with Crippen LogP contribution in [0.1, 0.15) is 17.7 Å². The summed E-state index contributed by atoms with van der Waals surface area (Å²) in [5, 5.41) is 6.98. The molecule has 1 saturated heterocycles. The Hall–Kier alpha value is -3.42. The van der Waals surface area contributed by atoms with Gasteiger partial charge in [-0.15, -0.1) is 0 Å². The van der Waals surface area contributed by atoms with E-state index in [0.717, 1.165) is 67.0 Å². The molecule has 0 saturated carbocycles. The van der Waals surface area contributed by atoms with E-state index in [-0.39, 0.29) is 0 Å². The SMILES string of the molecule is CN=C(NCCc1cn2cccc(C)c2n1)NC1CCN(c2cc(OC)cc(OC)c2)C1. The summed E-state index contributed by atoms with van der Waals surface area (Å²) < 4.78 is 12.9. The zero-order valence-electron chi connectivity index (χ0n) is 19.3. The van der Waals surface area contributed by atoms with Gasteiger partial charge >= 0.3 is 0 Å². The fraction of sp³-hybridized carbons (Fsp3) is 0.417. The van der Waals surface area contributed by atoms with Gasteiger partial charge in [0.2, 0.25) is 0 Å². The van der Waals surface area contributed by atoms with Gasteiger partial charge in [-0.2, -0.15) is 0 Å². The van der Waals surface area contributed by atoms with Crippen LogP contribution in [-0.4, -0.2) is 62.3 Å². The van der Waals surface area contributed by atoms with Crippen molar-refractivity contribution < 1.29 is 9.47 Å². The van der Waals surface area contributed by atoms with Crippen LogP contribution in [0.2, 0.25) is 0 Å².